The molecule has 1 unspecified atom stereocenters. The Kier molecular flexibility index (Phi) is 7.62. The lowest BCUT2D eigenvalue weighted by molar-refractivity contribution is -0.152. The number of nitrogens with one attached hydrogen (secondary N) is 1. The van der Waals surface area contributed by atoms with E-state index in [0.717, 1.165) is 0 Å². The van der Waals surface area contributed by atoms with Gasteiger partial charge in [-0.3, -0.25) is 5.32 Å². The van der Waals surface area contributed by atoms with Gasteiger partial charge in [-0.15, -0.1) is 0 Å². The predicted molar refractivity (Wildman–Crippen MR) is 90.6 cm³/mol. The van der Waals surface area contributed by atoms with E-state index < -0.39 is 18.2 Å². The molecule has 1 atom stereocenters. The summed E-state index contributed by atoms with van der Waals surface area (Å²) in [6, 6.07) is 6.53. The monoisotopic (exact) mass is 339 g/mol. The zero-order valence-corrected chi connectivity index (χ0v) is 14.4. The summed E-state index contributed by atoms with van der Waals surface area (Å²) in [6.07, 6.45) is -1.38. The predicted octanol–water partition coefficient (Wildman–Crippen LogP) is 4.42. The number of hydrogen-bond acceptors (Lipinski definition) is 4. The SMILES string of the molecule is C=C(CC)C(OC(=O)Nc1ccc(Cl)cc1)C(=O)OCC(C)C. The molecule has 23 heavy (non-hydrogen) atoms. The van der Waals surface area contributed by atoms with Gasteiger partial charge >= 0.3 is 12.1 Å². The molecule has 0 bridgehead atoms. The standard InChI is InChI=1S/C17H22ClNO4/c1-5-12(4)15(16(20)22-10-11(2)3)23-17(21)19-14-8-6-13(18)7-9-14/h6-9,11,15H,4-5,10H2,1-3H3,(H,19,21). The van der Waals surface area contributed by atoms with Crippen LogP contribution < -0.4 is 5.32 Å². The number of anilines is 1. The molecule has 0 aliphatic heterocycles. The highest BCUT2D eigenvalue weighted by atomic mass is 35.5. The fourth-order valence-electron chi connectivity index (χ4n) is 1.60. The molecule has 0 aliphatic carbocycles. The second-order valence-electron chi connectivity index (χ2n) is 5.45. The van der Waals surface area contributed by atoms with Gasteiger partial charge in [0.15, 0.2) is 0 Å². The van der Waals surface area contributed by atoms with Crippen molar-refractivity contribution in [2.45, 2.75) is 33.3 Å². The Hall–Kier alpha value is -2.01. The molecule has 0 spiro atoms. The summed E-state index contributed by atoms with van der Waals surface area (Å²) in [4.78, 5) is 24.0. The fraction of sp³-hybridized carbons (Fsp3) is 0.412. The van der Waals surface area contributed by atoms with E-state index in [1.165, 1.54) is 0 Å². The lowest BCUT2D eigenvalue weighted by Gasteiger charge is -2.19. The first-order valence-electron chi connectivity index (χ1n) is 7.41. The Bertz CT molecular complexity index is 554. The first-order chi connectivity index (χ1) is 10.8. The number of amides is 1. The van der Waals surface area contributed by atoms with Crippen molar-refractivity contribution in [3.63, 3.8) is 0 Å². The van der Waals surface area contributed by atoms with Crippen LogP contribution in [-0.4, -0.2) is 24.8 Å². The first kappa shape index (κ1) is 19.0. The Morgan fingerprint density at radius 1 is 1.26 bits per heavy atom. The third kappa shape index (κ3) is 6.74. The number of carbonyl (C=O) groups is 2. The summed E-state index contributed by atoms with van der Waals surface area (Å²) in [5.41, 5.74) is 0.987. The number of esters is 1. The van der Waals surface area contributed by atoms with Crippen LogP contribution >= 0.6 is 11.6 Å². The molecule has 1 amide bonds. The Labute approximate surface area is 141 Å². The molecule has 0 radical (unpaired) electrons. The zero-order valence-electron chi connectivity index (χ0n) is 13.6. The lowest BCUT2D eigenvalue weighted by atomic mass is 10.1. The van der Waals surface area contributed by atoms with Crippen LogP contribution in [0.4, 0.5) is 10.5 Å². The molecule has 6 heteroatoms. The van der Waals surface area contributed by atoms with E-state index in [0.29, 0.717) is 22.7 Å². The molecule has 1 N–H and O–H groups in total. The number of halogens is 1. The number of rotatable bonds is 7. The van der Waals surface area contributed by atoms with Gasteiger partial charge in [0.25, 0.3) is 0 Å². The minimum Gasteiger partial charge on any atom is -0.462 e. The summed E-state index contributed by atoms with van der Waals surface area (Å²) in [6.45, 7) is 9.70. The minimum atomic E-state index is -1.12. The summed E-state index contributed by atoms with van der Waals surface area (Å²) >= 11 is 5.78. The molecule has 0 saturated heterocycles. The van der Waals surface area contributed by atoms with Gasteiger partial charge in [0, 0.05) is 10.7 Å². The molecule has 0 aromatic heterocycles. The van der Waals surface area contributed by atoms with Crippen LogP contribution in [0.3, 0.4) is 0 Å². The van der Waals surface area contributed by atoms with Crippen LogP contribution in [-0.2, 0) is 14.3 Å². The van der Waals surface area contributed by atoms with Crippen LogP contribution in [0.5, 0.6) is 0 Å². The van der Waals surface area contributed by atoms with Gasteiger partial charge < -0.3 is 9.47 Å². The molecule has 0 saturated carbocycles. The molecule has 5 nitrogen and oxygen atoms in total. The minimum absolute atomic E-state index is 0.192. The van der Waals surface area contributed by atoms with E-state index in [1.807, 2.05) is 20.8 Å². The van der Waals surface area contributed by atoms with E-state index in [2.05, 4.69) is 11.9 Å². The highest BCUT2D eigenvalue weighted by Gasteiger charge is 2.27. The van der Waals surface area contributed by atoms with Crippen molar-refractivity contribution in [2.24, 2.45) is 5.92 Å². The van der Waals surface area contributed by atoms with Crippen LogP contribution in [0, 0.1) is 5.92 Å². The number of carbonyl (C=O) groups excluding carboxylic acids is 2. The maximum absolute atomic E-state index is 12.1. The summed E-state index contributed by atoms with van der Waals surface area (Å²) in [5, 5.41) is 3.08. The quantitative estimate of drug-likeness (QED) is 0.590. The van der Waals surface area contributed by atoms with Gasteiger partial charge in [-0.1, -0.05) is 39.0 Å². The largest absolute Gasteiger partial charge is 0.462 e. The third-order valence-corrected chi connectivity index (χ3v) is 3.17. The molecule has 1 rings (SSSR count). The summed E-state index contributed by atoms with van der Waals surface area (Å²) in [5.74, 6) is -0.422. The molecule has 126 valence electrons. The van der Waals surface area contributed by atoms with Crippen LogP contribution in [0.25, 0.3) is 0 Å². The molecule has 0 heterocycles. The molecule has 1 aromatic rings. The van der Waals surface area contributed by atoms with E-state index >= 15 is 0 Å². The van der Waals surface area contributed by atoms with Crippen molar-refractivity contribution in [2.75, 3.05) is 11.9 Å². The Morgan fingerprint density at radius 2 is 1.87 bits per heavy atom. The molecule has 0 fully saturated rings. The van der Waals surface area contributed by atoms with Gasteiger partial charge in [0.1, 0.15) is 0 Å². The highest BCUT2D eigenvalue weighted by molar-refractivity contribution is 6.30. The zero-order chi connectivity index (χ0) is 17.4. The Balaban J connectivity index is 2.68. The first-order valence-corrected chi connectivity index (χ1v) is 7.78. The van der Waals surface area contributed by atoms with Crippen molar-refractivity contribution in [3.05, 3.63) is 41.4 Å². The number of benzene rings is 1. The lowest BCUT2D eigenvalue weighted by Crippen LogP contribution is -2.33. The van der Waals surface area contributed by atoms with E-state index in [-0.39, 0.29) is 12.5 Å². The van der Waals surface area contributed by atoms with Gasteiger partial charge in [-0.2, -0.15) is 0 Å². The van der Waals surface area contributed by atoms with Crippen molar-refractivity contribution in [1.29, 1.82) is 0 Å². The van der Waals surface area contributed by atoms with E-state index in [4.69, 9.17) is 21.1 Å². The number of ether oxygens (including phenoxy) is 2. The normalized spacial score (nSPS) is 11.7. The maximum Gasteiger partial charge on any atom is 0.412 e. The second kappa shape index (κ2) is 9.20. The van der Waals surface area contributed by atoms with Crippen molar-refractivity contribution >= 4 is 29.4 Å². The second-order valence-corrected chi connectivity index (χ2v) is 5.89. The molecular formula is C17H22ClNO4. The van der Waals surface area contributed by atoms with E-state index in [9.17, 15) is 9.59 Å². The molecule has 0 aliphatic rings. The van der Waals surface area contributed by atoms with Gasteiger partial charge in [0.05, 0.1) is 6.61 Å². The van der Waals surface area contributed by atoms with Gasteiger partial charge in [0.2, 0.25) is 6.10 Å². The highest BCUT2D eigenvalue weighted by Crippen LogP contribution is 2.16. The smallest absolute Gasteiger partial charge is 0.412 e. The average molecular weight is 340 g/mol. The topological polar surface area (TPSA) is 64.6 Å². The van der Waals surface area contributed by atoms with Crippen molar-refractivity contribution < 1.29 is 19.1 Å². The fourth-order valence-corrected chi connectivity index (χ4v) is 1.72. The van der Waals surface area contributed by atoms with Crippen LogP contribution in [0.2, 0.25) is 5.02 Å². The molecule has 1 aromatic carbocycles. The third-order valence-electron chi connectivity index (χ3n) is 2.91. The van der Waals surface area contributed by atoms with Crippen LogP contribution in [0.1, 0.15) is 27.2 Å². The van der Waals surface area contributed by atoms with Gasteiger partial charge in [-0.05, 0) is 42.2 Å². The number of hydrogen-bond donors (Lipinski definition) is 1. The summed E-state index contributed by atoms with van der Waals surface area (Å²) < 4.78 is 10.3. The van der Waals surface area contributed by atoms with Crippen molar-refractivity contribution in [1.82, 2.24) is 0 Å². The average Bonchev–Trinajstić information content (AvgIpc) is 2.51. The van der Waals surface area contributed by atoms with Crippen molar-refractivity contribution in [3.8, 4) is 0 Å². The maximum atomic E-state index is 12.1. The summed E-state index contributed by atoms with van der Waals surface area (Å²) in [7, 11) is 0. The van der Waals surface area contributed by atoms with E-state index in [1.54, 1.807) is 24.3 Å². The molecular weight excluding hydrogens is 318 g/mol. The Morgan fingerprint density at radius 3 is 2.39 bits per heavy atom. The van der Waals surface area contributed by atoms with Crippen LogP contribution in [0.15, 0.2) is 36.4 Å². The van der Waals surface area contributed by atoms with Gasteiger partial charge in [-0.25, -0.2) is 9.59 Å².